The molecule has 2 rings (SSSR count). The number of aryl methyl sites for hydroxylation is 1. The number of thiophene rings is 1. The van der Waals surface area contributed by atoms with Crippen molar-refractivity contribution in [2.75, 3.05) is 20.2 Å². The normalized spacial score (nSPS) is 21.0. The monoisotopic (exact) mass is 331 g/mol. The quantitative estimate of drug-likeness (QED) is 0.799. The van der Waals surface area contributed by atoms with Crippen LogP contribution in [0.5, 0.6) is 0 Å². The fourth-order valence-corrected chi connectivity index (χ4v) is 5.75. The van der Waals surface area contributed by atoms with E-state index >= 15 is 0 Å². The maximum Gasteiger partial charge on any atom is 0.349 e. The third-order valence-electron chi connectivity index (χ3n) is 3.86. The van der Waals surface area contributed by atoms with Gasteiger partial charge in [-0.3, -0.25) is 0 Å². The molecular formula is C14H21NO4S2. The van der Waals surface area contributed by atoms with Gasteiger partial charge in [-0.1, -0.05) is 6.92 Å². The van der Waals surface area contributed by atoms with Crippen molar-refractivity contribution in [3.63, 3.8) is 0 Å². The topological polar surface area (TPSA) is 63.7 Å². The molecular weight excluding hydrogens is 310 g/mol. The lowest BCUT2D eigenvalue weighted by atomic mass is 10.0. The third kappa shape index (κ3) is 3.30. The third-order valence-corrected chi connectivity index (χ3v) is 7.16. The van der Waals surface area contributed by atoms with Gasteiger partial charge < -0.3 is 4.74 Å². The molecule has 5 nitrogen and oxygen atoms in total. The molecule has 1 atom stereocenters. The summed E-state index contributed by atoms with van der Waals surface area (Å²) in [5.74, 6) is -0.0521. The van der Waals surface area contributed by atoms with Crippen LogP contribution in [0.25, 0.3) is 0 Å². The van der Waals surface area contributed by atoms with E-state index in [0.29, 0.717) is 24.6 Å². The Morgan fingerprint density at radius 2 is 2.10 bits per heavy atom. The predicted octanol–water partition coefficient (Wildman–Crippen LogP) is 2.65. The summed E-state index contributed by atoms with van der Waals surface area (Å²) in [7, 11) is -2.37. The van der Waals surface area contributed by atoms with Crippen LogP contribution in [0.2, 0.25) is 0 Å². The van der Waals surface area contributed by atoms with Gasteiger partial charge >= 0.3 is 5.97 Å². The maximum atomic E-state index is 12.9. The molecule has 0 spiro atoms. The molecule has 0 amide bonds. The Kier molecular flexibility index (Phi) is 5.06. The molecule has 1 aliphatic rings. The molecule has 1 fully saturated rings. The summed E-state index contributed by atoms with van der Waals surface area (Å²) in [5, 5.41) is 1.69. The SMILES string of the molecule is COC(=O)c1scc(C)c1S(=O)(=O)N1CCCC(C)CC1. The van der Waals surface area contributed by atoms with E-state index in [1.807, 2.05) is 0 Å². The predicted molar refractivity (Wildman–Crippen MR) is 82.2 cm³/mol. The van der Waals surface area contributed by atoms with Crippen LogP contribution in [0.4, 0.5) is 0 Å². The second kappa shape index (κ2) is 6.46. The smallest absolute Gasteiger partial charge is 0.349 e. The van der Waals surface area contributed by atoms with E-state index in [4.69, 9.17) is 4.74 Å². The average molecular weight is 331 g/mol. The molecule has 1 aromatic heterocycles. The Morgan fingerprint density at radius 1 is 1.38 bits per heavy atom. The van der Waals surface area contributed by atoms with Gasteiger partial charge in [-0.25, -0.2) is 13.2 Å². The highest BCUT2D eigenvalue weighted by Crippen LogP contribution is 2.31. The first-order valence-corrected chi connectivity index (χ1v) is 9.36. The van der Waals surface area contributed by atoms with Crippen molar-refractivity contribution in [1.29, 1.82) is 0 Å². The van der Waals surface area contributed by atoms with Crippen LogP contribution in [0.15, 0.2) is 10.3 Å². The van der Waals surface area contributed by atoms with Crippen molar-refractivity contribution in [3.8, 4) is 0 Å². The Hall–Kier alpha value is -0.920. The number of methoxy groups -OCH3 is 1. The first kappa shape index (κ1) is 16.5. The molecule has 0 saturated carbocycles. The highest BCUT2D eigenvalue weighted by atomic mass is 32.2. The molecule has 1 aliphatic heterocycles. The number of sulfonamides is 1. The van der Waals surface area contributed by atoms with Crippen LogP contribution in [-0.4, -0.2) is 38.9 Å². The van der Waals surface area contributed by atoms with E-state index < -0.39 is 16.0 Å². The van der Waals surface area contributed by atoms with E-state index in [2.05, 4.69) is 6.92 Å². The van der Waals surface area contributed by atoms with Crippen LogP contribution in [0.3, 0.4) is 0 Å². The van der Waals surface area contributed by atoms with E-state index in [1.165, 1.54) is 11.4 Å². The van der Waals surface area contributed by atoms with Crippen molar-refractivity contribution >= 4 is 27.3 Å². The summed E-state index contributed by atoms with van der Waals surface area (Å²) in [6.45, 7) is 4.89. The molecule has 118 valence electrons. The number of carbonyl (C=O) groups is 1. The Balaban J connectivity index is 2.40. The minimum atomic E-state index is -3.64. The van der Waals surface area contributed by atoms with Crippen LogP contribution in [-0.2, 0) is 14.8 Å². The van der Waals surface area contributed by atoms with Gasteiger partial charge in [-0.2, -0.15) is 4.31 Å². The summed E-state index contributed by atoms with van der Waals surface area (Å²) < 4.78 is 32.0. The molecule has 0 aromatic carbocycles. The van der Waals surface area contributed by atoms with Gasteiger partial charge in [0.1, 0.15) is 9.77 Å². The fourth-order valence-electron chi connectivity index (χ4n) is 2.59. The minimum absolute atomic E-state index is 0.119. The summed E-state index contributed by atoms with van der Waals surface area (Å²) in [6.07, 6.45) is 2.76. The summed E-state index contributed by atoms with van der Waals surface area (Å²) >= 11 is 1.13. The lowest BCUT2D eigenvalue weighted by Crippen LogP contribution is -2.33. The van der Waals surface area contributed by atoms with Crippen molar-refractivity contribution < 1.29 is 17.9 Å². The van der Waals surface area contributed by atoms with E-state index in [0.717, 1.165) is 30.6 Å². The first-order valence-electron chi connectivity index (χ1n) is 7.04. The van der Waals surface area contributed by atoms with Gasteiger partial charge in [0, 0.05) is 13.1 Å². The van der Waals surface area contributed by atoms with Gasteiger partial charge in [0.25, 0.3) is 0 Å². The number of rotatable bonds is 3. The Morgan fingerprint density at radius 3 is 2.76 bits per heavy atom. The molecule has 21 heavy (non-hydrogen) atoms. The van der Waals surface area contributed by atoms with Crippen LogP contribution in [0, 0.1) is 12.8 Å². The molecule has 1 unspecified atom stereocenters. The first-order chi connectivity index (χ1) is 9.87. The van der Waals surface area contributed by atoms with Gasteiger partial charge in [0.15, 0.2) is 0 Å². The van der Waals surface area contributed by atoms with Crippen LogP contribution >= 0.6 is 11.3 Å². The molecule has 7 heteroatoms. The van der Waals surface area contributed by atoms with Gasteiger partial charge in [0.2, 0.25) is 10.0 Å². The van der Waals surface area contributed by atoms with Crippen molar-refractivity contribution in [1.82, 2.24) is 4.31 Å². The largest absolute Gasteiger partial charge is 0.465 e. The fraction of sp³-hybridized carbons (Fsp3) is 0.643. The van der Waals surface area contributed by atoms with Crippen molar-refractivity contribution in [3.05, 3.63) is 15.8 Å². The molecule has 1 aromatic rings. The molecule has 0 bridgehead atoms. The number of nitrogens with zero attached hydrogens (tertiary/aromatic N) is 1. The highest BCUT2D eigenvalue weighted by Gasteiger charge is 2.33. The summed E-state index contributed by atoms with van der Waals surface area (Å²) in [4.78, 5) is 12.1. The van der Waals surface area contributed by atoms with Crippen LogP contribution in [0.1, 0.15) is 41.4 Å². The molecule has 0 aliphatic carbocycles. The van der Waals surface area contributed by atoms with E-state index in [-0.39, 0.29) is 9.77 Å². The second-order valence-corrected chi connectivity index (χ2v) is 8.26. The molecule has 0 radical (unpaired) electrons. The van der Waals surface area contributed by atoms with Crippen molar-refractivity contribution in [2.24, 2.45) is 5.92 Å². The number of esters is 1. The molecule has 0 N–H and O–H groups in total. The van der Waals surface area contributed by atoms with Gasteiger partial charge in [0.05, 0.1) is 7.11 Å². The molecule has 1 saturated heterocycles. The highest BCUT2D eigenvalue weighted by molar-refractivity contribution is 7.89. The van der Waals surface area contributed by atoms with Crippen molar-refractivity contribution in [2.45, 2.75) is 38.0 Å². The number of carbonyl (C=O) groups excluding carboxylic acids is 1. The van der Waals surface area contributed by atoms with E-state index in [1.54, 1.807) is 12.3 Å². The molecule has 2 heterocycles. The van der Waals surface area contributed by atoms with Gasteiger partial charge in [-0.15, -0.1) is 11.3 Å². The second-order valence-electron chi connectivity index (χ2n) is 5.51. The zero-order valence-electron chi connectivity index (χ0n) is 12.6. The Bertz CT molecular complexity index is 621. The summed E-state index contributed by atoms with van der Waals surface area (Å²) in [5.41, 5.74) is 0.609. The number of hydrogen-bond donors (Lipinski definition) is 0. The minimum Gasteiger partial charge on any atom is -0.465 e. The number of hydrogen-bond acceptors (Lipinski definition) is 5. The van der Waals surface area contributed by atoms with Gasteiger partial charge in [-0.05, 0) is 43.0 Å². The maximum absolute atomic E-state index is 12.9. The van der Waals surface area contributed by atoms with E-state index in [9.17, 15) is 13.2 Å². The zero-order valence-corrected chi connectivity index (χ0v) is 14.2. The summed E-state index contributed by atoms with van der Waals surface area (Å²) in [6, 6.07) is 0. The average Bonchev–Trinajstić information content (AvgIpc) is 2.69. The zero-order chi connectivity index (χ0) is 15.6. The standard InChI is InChI=1S/C14H21NO4S2/c1-10-5-4-7-15(8-6-10)21(17,18)13-11(2)9-20-12(13)14(16)19-3/h9-10H,4-8H2,1-3H3. The lowest BCUT2D eigenvalue weighted by Gasteiger charge is -2.20. The Labute approximate surface area is 130 Å². The van der Waals surface area contributed by atoms with Crippen LogP contribution < -0.4 is 0 Å². The lowest BCUT2D eigenvalue weighted by molar-refractivity contribution is 0.0602. The number of ether oxygens (including phenoxy) is 1.